The average Bonchev–Trinajstić information content (AvgIpc) is 3.31. The van der Waals surface area contributed by atoms with Crippen molar-refractivity contribution in [2.24, 2.45) is 0 Å². The fourth-order valence-electron chi connectivity index (χ4n) is 3.07. The number of carbonyl (C=O) groups excluding carboxylic acids is 2. The van der Waals surface area contributed by atoms with Crippen LogP contribution in [-0.4, -0.2) is 40.2 Å². The van der Waals surface area contributed by atoms with E-state index in [1.165, 1.54) is 20.4 Å². The second-order valence-electron chi connectivity index (χ2n) is 7.09. The SMILES string of the molecule is COc1cc(C(C)=O)ccc1OCCCC(=O)NC(C)c1ccc(-n2cncn2)cc1. The summed E-state index contributed by atoms with van der Waals surface area (Å²) in [5.74, 6) is 0.966. The van der Waals surface area contributed by atoms with E-state index in [1.54, 1.807) is 29.2 Å². The molecule has 2 aromatic carbocycles. The van der Waals surface area contributed by atoms with Gasteiger partial charge in [-0.2, -0.15) is 5.10 Å². The molecule has 3 rings (SSSR count). The number of nitrogens with one attached hydrogen (secondary N) is 1. The zero-order valence-electron chi connectivity index (χ0n) is 17.9. The Morgan fingerprint density at radius 2 is 1.90 bits per heavy atom. The van der Waals surface area contributed by atoms with Gasteiger partial charge in [-0.05, 0) is 56.2 Å². The highest BCUT2D eigenvalue weighted by Crippen LogP contribution is 2.28. The standard InChI is InChI=1S/C23H26N4O4/c1-16(18-6-9-20(10-7-18)27-15-24-14-25-27)26-23(29)5-4-12-31-21-11-8-19(17(2)28)13-22(21)30-3/h6-11,13-16H,4-5,12H2,1-3H3,(H,26,29). The summed E-state index contributed by atoms with van der Waals surface area (Å²) in [5.41, 5.74) is 2.47. The predicted molar refractivity (Wildman–Crippen MR) is 116 cm³/mol. The molecule has 1 N–H and O–H groups in total. The Kier molecular flexibility index (Phi) is 7.37. The van der Waals surface area contributed by atoms with Crippen LogP contribution in [0.25, 0.3) is 5.69 Å². The topological polar surface area (TPSA) is 95.3 Å². The van der Waals surface area contributed by atoms with Gasteiger partial charge in [0, 0.05) is 12.0 Å². The van der Waals surface area contributed by atoms with Gasteiger partial charge in [-0.25, -0.2) is 9.67 Å². The summed E-state index contributed by atoms with van der Waals surface area (Å²) >= 11 is 0. The van der Waals surface area contributed by atoms with Gasteiger partial charge in [0.2, 0.25) is 5.91 Å². The molecule has 8 nitrogen and oxygen atoms in total. The summed E-state index contributed by atoms with van der Waals surface area (Å²) < 4.78 is 12.7. The highest BCUT2D eigenvalue weighted by atomic mass is 16.5. The molecule has 0 spiro atoms. The number of carbonyl (C=O) groups is 2. The van der Waals surface area contributed by atoms with Crippen molar-refractivity contribution in [3.8, 4) is 17.2 Å². The lowest BCUT2D eigenvalue weighted by Gasteiger charge is -2.15. The van der Waals surface area contributed by atoms with Gasteiger partial charge in [-0.3, -0.25) is 9.59 Å². The Morgan fingerprint density at radius 3 is 2.55 bits per heavy atom. The Balaban J connectivity index is 1.44. The molecular formula is C23H26N4O4. The number of Topliss-reactive ketones (excluding diaryl/α,β-unsaturated/α-hetero) is 1. The summed E-state index contributed by atoms with van der Waals surface area (Å²) in [4.78, 5) is 27.7. The van der Waals surface area contributed by atoms with Crippen LogP contribution in [0.5, 0.6) is 11.5 Å². The quantitative estimate of drug-likeness (QED) is 0.397. The smallest absolute Gasteiger partial charge is 0.220 e. The molecule has 8 heteroatoms. The summed E-state index contributed by atoms with van der Waals surface area (Å²) in [6.07, 6.45) is 4.02. The Hall–Kier alpha value is -3.68. The molecule has 0 fully saturated rings. The summed E-state index contributed by atoms with van der Waals surface area (Å²) in [6.45, 7) is 3.81. The molecular weight excluding hydrogens is 396 g/mol. The molecule has 0 aliphatic heterocycles. The molecule has 0 saturated carbocycles. The number of rotatable bonds is 10. The van der Waals surface area contributed by atoms with Gasteiger partial charge in [0.15, 0.2) is 17.3 Å². The van der Waals surface area contributed by atoms with Crippen LogP contribution >= 0.6 is 0 Å². The number of hydrogen-bond acceptors (Lipinski definition) is 6. The van der Waals surface area contributed by atoms with Crippen LogP contribution in [-0.2, 0) is 4.79 Å². The van der Waals surface area contributed by atoms with Gasteiger partial charge in [0.05, 0.1) is 25.4 Å². The summed E-state index contributed by atoms with van der Waals surface area (Å²) in [7, 11) is 1.53. The first-order valence-corrected chi connectivity index (χ1v) is 10.0. The number of aromatic nitrogens is 3. The van der Waals surface area contributed by atoms with E-state index < -0.39 is 0 Å². The Labute approximate surface area is 181 Å². The van der Waals surface area contributed by atoms with Crippen LogP contribution in [0.15, 0.2) is 55.1 Å². The van der Waals surface area contributed by atoms with Crippen LogP contribution in [0, 0.1) is 0 Å². The molecule has 1 amide bonds. The number of methoxy groups -OCH3 is 1. The first-order chi connectivity index (χ1) is 15.0. The van der Waals surface area contributed by atoms with E-state index in [1.807, 2.05) is 31.2 Å². The van der Waals surface area contributed by atoms with Gasteiger partial charge in [-0.15, -0.1) is 0 Å². The Bertz CT molecular complexity index is 1020. The van der Waals surface area contributed by atoms with Gasteiger partial charge >= 0.3 is 0 Å². The molecule has 1 unspecified atom stereocenters. The molecule has 0 aliphatic rings. The van der Waals surface area contributed by atoms with Crippen molar-refractivity contribution in [1.82, 2.24) is 20.1 Å². The zero-order valence-corrected chi connectivity index (χ0v) is 17.9. The molecule has 31 heavy (non-hydrogen) atoms. The fourth-order valence-corrected chi connectivity index (χ4v) is 3.07. The second kappa shape index (κ2) is 10.4. The van der Waals surface area contributed by atoms with Crippen molar-refractivity contribution in [3.05, 3.63) is 66.2 Å². The number of benzene rings is 2. The van der Waals surface area contributed by atoms with Crippen molar-refractivity contribution in [3.63, 3.8) is 0 Å². The molecule has 0 saturated heterocycles. The lowest BCUT2D eigenvalue weighted by Crippen LogP contribution is -2.26. The van der Waals surface area contributed by atoms with E-state index in [-0.39, 0.29) is 17.7 Å². The molecule has 3 aromatic rings. The van der Waals surface area contributed by atoms with Crippen molar-refractivity contribution < 1.29 is 19.1 Å². The van der Waals surface area contributed by atoms with Crippen LogP contribution < -0.4 is 14.8 Å². The van der Waals surface area contributed by atoms with Crippen molar-refractivity contribution in [1.29, 1.82) is 0 Å². The first-order valence-electron chi connectivity index (χ1n) is 10.0. The van der Waals surface area contributed by atoms with Gasteiger partial charge in [0.25, 0.3) is 0 Å². The fraction of sp³-hybridized carbons (Fsp3) is 0.304. The zero-order chi connectivity index (χ0) is 22.2. The van der Waals surface area contributed by atoms with E-state index >= 15 is 0 Å². The van der Waals surface area contributed by atoms with Crippen LogP contribution in [0.1, 0.15) is 48.7 Å². The van der Waals surface area contributed by atoms with Crippen LogP contribution in [0.3, 0.4) is 0 Å². The monoisotopic (exact) mass is 422 g/mol. The van der Waals surface area contributed by atoms with E-state index in [4.69, 9.17) is 9.47 Å². The van der Waals surface area contributed by atoms with Crippen LogP contribution in [0.2, 0.25) is 0 Å². The highest BCUT2D eigenvalue weighted by Gasteiger charge is 2.11. The third-order valence-electron chi connectivity index (χ3n) is 4.83. The van der Waals surface area contributed by atoms with E-state index in [0.717, 1.165) is 11.3 Å². The molecule has 0 radical (unpaired) electrons. The lowest BCUT2D eigenvalue weighted by molar-refractivity contribution is -0.121. The third-order valence-corrected chi connectivity index (χ3v) is 4.83. The molecule has 1 heterocycles. The maximum absolute atomic E-state index is 12.3. The third kappa shape index (κ3) is 5.91. The summed E-state index contributed by atoms with van der Waals surface area (Å²) in [6, 6.07) is 12.7. The molecule has 1 atom stereocenters. The van der Waals surface area contributed by atoms with E-state index in [2.05, 4.69) is 15.4 Å². The van der Waals surface area contributed by atoms with E-state index in [9.17, 15) is 9.59 Å². The molecule has 1 aromatic heterocycles. The average molecular weight is 422 g/mol. The normalized spacial score (nSPS) is 11.6. The van der Waals surface area contributed by atoms with Gasteiger partial charge in [-0.1, -0.05) is 12.1 Å². The Morgan fingerprint density at radius 1 is 1.13 bits per heavy atom. The first kappa shape index (κ1) is 22.0. The minimum Gasteiger partial charge on any atom is -0.493 e. The maximum Gasteiger partial charge on any atom is 0.220 e. The molecule has 0 bridgehead atoms. The molecule has 162 valence electrons. The van der Waals surface area contributed by atoms with Crippen molar-refractivity contribution in [2.45, 2.75) is 32.7 Å². The van der Waals surface area contributed by atoms with Crippen LogP contribution in [0.4, 0.5) is 0 Å². The highest BCUT2D eigenvalue weighted by molar-refractivity contribution is 5.94. The number of nitrogens with zero attached hydrogens (tertiary/aromatic N) is 3. The number of ketones is 1. The van der Waals surface area contributed by atoms with Gasteiger partial charge in [0.1, 0.15) is 12.7 Å². The largest absolute Gasteiger partial charge is 0.493 e. The maximum atomic E-state index is 12.3. The number of ether oxygens (including phenoxy) is 2. The summed E-state index contributed by atoms with van der Waals surface area (Å²) in [5, 5.41) is 7.10. The van der Waals surface area contributed by atoms with Gasteiger partial charge < -0.3 is 14.8 Å². The minimum absolute atomic E-state index is 0.0383. The second-order valence-corrected chi connectivity index (χ2v) is 7.09. The van der Waals surface area contributed by atoms with E-state index in [0.29, 0.717) is 36.5 Å². The van der Waals surface area contributed by atoms with Crippen molar-refractivity contribution >= 4 is 11.7 Å². The molecule has 0 aliphatic carbocycles. The minimum atomic E-state index is -0.113. The lowest BCUT2D eigenvalue weighted by atomic mass is 10.1. The predicted octanol–water partition coefficient (Wildman–Crippen LogP) is 3.51. The van der Waals surface area contributed by atoms with Crippen molar-refractivity contribution in [2.75, 3.05) is 13.7 Å². The number of hydrogen-bond donors (Lipinski definition) is 1. The number of amides is 1.